The lowest BCUT2D eigenvalue weighted by Crippen LogP contribution is -2.45. The minimum atomic E-state index is -0.772. The van der Waals surface area contributed by atoms with Crippen LogP contribution in [-0.2, 0) is 20.7 Å². The van der Waals surface area contributed by atoms with Gasteiger partial charge >= 0.3 is 5.97 Å². The lowest BCUT2D eigenvalue weighted by atomic mass is 10.1. The number of carbonyl (C=O) groups is 2. The van der Waals surface area contributed by atoms with Gasteiger partial charge in [-0.25, -0.2) is 4.79 Å². The number of carbonyl (C=O) groups excluding carboxylic acids is 2. The van der Waals surface area contributed by atoms with Crippen molar-refractivity contribution < 1.29 is 23.8 Å². The fraction of sp³-hybridized carbons (Fsp3) is 0.300. The topological polar surface area (TPSA) is 73.9 Å². The first kappa shape index (κ1) is 19.3. The zero-order valence-electron chi connectivity index (χ0n) is 14.9. The number of para-hydroxylation sites is 2. The molecule has 26 heavy (non-hydrogen) atoms. The molecule has 0 saturated carbocycles. The molecule has 138 valence electrons. The Morgan fingerprint density at radius 1 is 1.00 bits per heavy atom. The Labute approximate surface area is 153 Å². The summed E-state index contributed by atoms with van der Waals surface area (Å²) in [5.41, 5.74) is 0.927. The summed E-state index contributed by atoms with van der Waals surface area (Å²) in [6, 6.07) is 15.7. The molecular formula is C20H23NO5. The molecule has 2 rings (SSSR count). The summed E-state index contributed by atoms with van der Waals surface area (Å²) in [6.07, 6.45) is 0.347. The van der Waals surface area contributed by atoms with Gasteiger partial charge in [0.2, 0.25) is 0 Å². The van der Waals surface area contributed by atoms with E-state index in [1.165, 1.54) is 7.11 Å². The minimum absolute atomic E-state index is 0.231. The molecule has 1 atom stereocenters. The molecule has 0 aliphatic carbocycles. The standard InChI is InChI=1S/C20H23NO5/c1-3-25-20(23)16(13-15-9-5-4-6-10-15)21-19(22)14-26-18-12-8-7-11-17(18)24-2/h4-12,16H,3,13-14H2,1-2H3,(H,21,22). The highest BCUT2D eigenvalue weighted by Crippen LogP contribution is 2.25. The zero-order chi connectivity index (χ0) is 18.8. The normalized spacial score (nSPS) is 11.3. The van der Waals surface area contributed by atoms with Crippen LogP contribution in [0.2, 0.25) is 0 Å². The second kappa shape index (κ2) is 10.1. The van der Waals surface area contributed by atoms with Crippen LogP contribution in [-0.4, -0.2) is 38.2 Å². The second-order valence-corrected chi connectivity index (χ2v) is 5.50. The summed E-state index contributed by atoms with van der Waals surface area (Å²) in [6.45, 7) is 1.74. The SMILES string of the molecule is CCOC(=O)C(Cc1ccccc1)NC(=O)COc1ccccc1OC. The molecule has 6 nitrogen and oxygen atoms in total. The van der Waals surface area contributed by atoms with E-state index in [0.29, 0.717) is 17.9 Å². The summed E-state index contributed by atoms with van der Waals surface area (Å²) >= 11 is 0. The maximum absolute atomic E-state index is 12.2. The third kappa shape index (κ3) is 5.81. The molecule has 2 aromatic carbocycles. The summed E-state index contributed by atoms with van der Waals surface area (Å²) in [5, 5.41) is 2.68. The first-order chi connectivity index (χ1) is 12.6. The van der Waals surface area contributed by atoms with Crippen LogP contribution in [0.5, 0.6) is 11.5 Å². The maximum Gasteiger partial charge on any atom is 0.328 e. The fourth-order valence-electron chi connectivity index (χ4n) is 2.40. The molecule has 6 heteroatoms. The van der Waals surface area contributed by atoms with Crippen molar-refractivity contribution in [2.24, 2.45) is 0 Å². The van der Waals surface area contributed by atoms with Gasteiger partial charge in [0.15, 0.2) is 18.1 Å². The molecule has 0 aliphatic heterocycles. The van der Waals surface area contributed by atoms with Crippen molar-refractivity contribution in [2.45, 2.75) is 19.4 Å². The molecule has 0 heterocycles. The van der Waals surface area contributed by atoms with Gasteiger partial charge in [0.25, 0.3) is 5.91 Å². The van der Waals surface area contributed by atoms with Crippen LogP contribution >= 0.6 is 0 Å². The number of nitrogens with one attached hydrogen (secondary N) is 1. The van der Waals surface area contributed by atoms with E-state index in [1.807, 2.05) is 36.4 Å². The van der Waals surface area contributed by atoms with Gasteiger partial charge in [-0.2, -0.15) is 0 Å². The summed E-state index contributed by atoms with van der Waals surface area (Å²) in [5.74, 6) is 0.110. The van der Waals surface area contributed by atoms with Crippen LogP contribution in [0, 0.1) is 0 Å². The molecule has 2 aromatic rings. The van der Waals surface area contributed by atoms with E-state index >= 15 is 0 Å². The number of esters is 1. The minimum Gasteiger partial charge on any atom is -0.493 e. The lowest BCUT2D eigenvalue weighted by Gasteiger charge is -2.18. The molecule has 0 bridgehead atoms. The van der Waals surface area contributed by atoms with Crippen LogP contribution in [0.25, 0.3) is 0 Å². The predicted octanol–water partition coefficient (Wildman–Crippen LogP) is 2.36. The Morgan fingerprint density at radius 3 is 2.31 bits per heavy atom. The Hall–Kier alpha value is -3.02. The van der Waals surface area contributed by atoms with Crippen LogP contribution in [0.4, 0.5) is 0 Å². The quantitative estimate of drug-likeness (QED) is 0.698. The van der Waals surface area contributed by atoms with E-state index in [1.54, 1.807) is 25.1 Å². The smallest absolute Gasteiger partial charge is 0.328 e. The largest absolute Gasteiger partial charge is 0.493 e. The Bertz CT molecular complexity index is 717. The van der Waals surface area contributed by atoms with Crippen LogP contribution in [0.3, 0.4) is 0 Å². The van der Waals surface area contributed by atoms with Crippen LogP contribution < -0.4 is 14.8 Å². The van der Waals surface area contributed by atoms with E-state index in [-0.39, 0.29) is 13.2 Å². The van der Waals surface area contributed by atoms with Crippen molar-refractivity contribution in [1.29, 1.82) is 0 Å². The van der Waals surface area contributed by atoms with Gasteiger partial charge in [-0.15, -0.1) is 0 Å². The van der Waals surface area contributed by atoms with E-state index in [4.69, 9.17) is 14.2 Å². The van der Waals surface area contributed by atoms with Gasteiger partial charge in [-0.1, -0.05) is 42.5 Å². The highest BCUT2D eigenvalue weighted by molar-refractivity contribution is 5.85. The number of hydrogen-bond donors (Lipinski definition) is 1. The van der Waals surface area contributed by atoms with Gasteiger partial charge in [0, 0.05) is 6.42 Å². The van der Waals surface area contributed by atoms with E-state index in [0.717, 1.165) is 5.56 Å². The molecule has 0 aliphatic rings. The van der Waals surface area contributed by atoms with Crippen molar-refractivity contribution in [2.75, 3.05) is 20.3 Å². The van der Waals surface area contributed by atoms with E-state index < -0.39 is 17.9 Å². The molecule has 0 fully saturated rings. The number of methoxy groups -OCH3 is 1. The second-order valence-electron chi connectivity index (χ2n) is 5.50. The first-order valence-electron chi connectivity index (χ1n) is 8.39. The van der Waals surface area contributed by atoms with Gasteiger partial charge < -0.3 is 19.5 Å². The summed E-state index contributed by atoms with van der Waals surface area (Å²) in [4.78, 5) is 24.4. The fourth-order valence-corrected chi connectivity index (χ4v) is 2.40. The number of benzene rings is 2. The molecule has 1 N–H and O–H groups in total. The number of amides is 1. The summed E-state index contributed by atoms with van der Waals surface area (Å²) in [7, 11) is 1.53. The highest BCUT2D eigenvalue weighted by Gasteiger charge is 2.22. The van der Waals surface area contributed by atoms with Gasteiger partial charge in [-0.05, 0) is 24.6 Å². The molecular weight excluding hydrogens is 334 g/mol. The summed E-state index contributed by atoms with van der Waals surface area (Å²) < 4.78 is 15.7. The number of hydrogen-bond acceptors (Lipinski definition) is 5. The third-order valence-corrected chi connectivity index (χ3v) is 3.62. The first-order valence-corrected chi connectivity index (χ1v) is 8.39. The van der Waals surface area contributed by atoms with Crippen molar-refractivity contribution in [3.63, 3.8) is 0 Å². The Balaban J connectivity index is 1.97. The van der Waals surface area contributed by atoms with Crippen molar-refractivity contribution in [3.8, 4) is 11.5 Å². The number of rotatable bonds is 9. The van der Waals surface area contributed by atoms with E-state index in [2.05, 4.69) is 5.32 Å². The lowest BCUT2D eigenvalue weighted by molar-refractivity contribution is -0.147. The number of ether oxygens (including phenoxy) is 3. The van der Waals surface area contributed by atoms with Crippen molar-refractivity contribution >= 4 is 11.9 Å². The van der Waals surface area contributed by atoms with Gasteiger partial charge in [0.1, 0.15) is 6.04 Å². The van der Waals surface area contributed by atoms with Gasteiger partial charge in [-0.3, -0.25) is 4.79 Å². The maximum atomic E-state index is 12.2. The highest BCUT2D eigenvalue weighted by atomic mass is 16.5. The third-order valence-electron chi connectivity index (χ3n) is 3.62. The average molecular weight is 357 g/mol. The van der Waals surface area contributed by atoms with E-state index in [9.17, 15) is 9.59 Å². The van der Waals surface area contributed by atoms with Gasteiger partial charge in [0.05, 0.1) is 13.7 Å². The Morgan fingerprint density at radius 2 is 1.65 bits per heavy atom. The monoisotopic (exact) mass is 357 g/mol. The zero-order valence-corrected chi connectivity index (χ0v) is 14.9. The molecule has 1 amide bonds. The molecule has 0 aromatic heterocycles. The predicted molar refractivity (Wildman–Crippen MR) is 97.2 cm³/mol. The van der Waals surface area contributed by atoms with Crippen LogP contribution in [0.1, 0.15) is 12.5 Å². The Kier molecular flexibility index (Phi) is 7.49. The molecule has 0 radical (unpaired) electrons. The molecule has 1 unspecified atom stereocenters. The molecule has 0 saturated heterocycles. The van der Waals surface area contributed by atoms with Crippen molar-refractivity contribution in [1.82, 2.24) is 5.32 Å². The molecule has 0 spiro atoms. The van der Waals surface area contributed by atoms with Crippen molar-refractivity contribution in [3.05, 3.63) is 60.2 Å². The van der Waals surface area contributed by atoms with Crippen LogP contribution in [0.15, 0.2) is 54.6 Å². The average Bonchev–Trinajstić information content (AvgIpc) is 2.67.